The fourth-order valence-corrected chi connectivity index (χ4v) is 1.91. The van der Waals surface area contributed by atoms with Crippen molar-refractivity contribution < 1.29 is 8.42 Å². The van der Waals surface area contributed by atoms with Crippen LogP contribution in [0.25, 0.3) is 0 Å². The molecule has 0 fully saturated rings. The molecule has 0 spiro atoms. The first-order valence-corrected chi connectivity index (χ1v) is 6.22. The molecular formula is C10H14O2S. The molecule has 0 aromatic heterocycles. The van der Waals surface area contributed by atoms with Crippen LogP contribution in [0, 0.1) is 0 Å². The summed E-state index contributed by atoms with van der Waals surface area (Å²) in [5.74, 6) is 0. The highest BCUT2D eigenvalue weighted by Gasteiger charge is 2.06. The van der Waals surface area contributed by atoms with Gasteiger partial charge < -0.3 is 0 Å². The Morgan fingerprint density at radius 1 is 1.31 bits per heavy atom. The van der Waals surface area contributed by atoms with Crippen LogP contribution in [0.15, 0.2) is 29.2 Å². The molecule has 0 atom stereocenters. The molecule has 0 N–H and O–H groups in total. The minimum absolute atomic E-state index is 0.415. The van der Waals surface area contributed by atoms with Crippen molar-refractivity contribution in [1.29, 1.82) is 0 Å². The van der Waals surface area contributed by atoms with Crippen LogP contribution in [-0.4, -0.2) is 14.7 Å². The average molecular weight is 198 g/mol. The Kier molecular flexibility index (Phi) is 3.09. The van der Waals surface area contributed by atoms with Gasteiger partial charge in [-0.15, -0.1) is 0 Å². The van der Waals surface area contributed by atoms with E-state index in [-0.39, 0.29) is 0 Å². The molecule has 72 valence electrons. The van der Waals surface area contributed by atoms with E-state index in [4.69, 9.17) is 0 Å². The van der Waals surface area contributed by atoms with Gasteiger partial charge in [-0.2, -0.15) is 0 Å². The first-order chi connectivity index (χ1) is 6.04. The monoisotopic (exact) mass is 198 g/mol. The Bertz CT molecular complexity index is 380. The summed E-state index contributed by atoms with van der Waals surface area (Å²) in [6.07, 6.45) is 3.20. The van der Waals surface area contributed by atoms with Crippen molar-refractivity contribution in [3.63, 3.8) is 0 Å². The van der Waals surface area contributed by atoms with Crippen molar-refractivity contribution in [3.05, 3.63) is 29.8 Å². The molecular weight excluding hydrogens is 184 g/mol. The molecule has 0 aliphatic heterocycles. The van der Waals surface area contributed by atoms with Crippen molar-refractivity contribution in [2.45, 2.75) is 24.7 Å². The highest BCUT2D eigenvalue weighted by molar-refractivity contribution is 7.90. The maximum atomic E-state index is 11.2. The summed E-state index contributed by atoms with van der Waals surface area (Å²) in [6, 6.07) is 7.13. The number of rotatable bonds is 3. The van der Waals surface area contributed by atoms with E-state index in [0.29, 0.717) is 4.90 Å². The number of hydrogen-bond acceptors (Lipinski definition) is 2. The van der Waals surface area contributed by atoms with Gasteiger partial charge in [-0.05, 0) is 24.1 Å². The summed E-state index contributed by atoms with van der Waals surface area (Å²) < 4.78 is 22.4. The van der Waals surface area contributed by atoms with E-state index >= 15 is 0 Å². The molecule has 0 bridgehead atoms. The molecule has 0 aliphatic carbocycles. The topological polar surface area (TPSA) is 34.1 Å². The van der Waals surface area contributed by atoms with Gasteiger partial charge in [-0.25, -0.2) is 8.42 Å². The minimum atomic E-state index is -3.04. The normalized spacial score (nSPS) is 11.5. The summed E-state index contributed by atoms with van der Waals surface area (Å²) in [4.78, 5) is 0.415. The summed E-state index contributed by atoms with van der Waals surface area (Å²) in [5, 5.41) is 0. The third-order valence-corrected chi connectivity index (χ3v) is 2.98. The highest BCUT2D eigenvalue weighted by atomic mass is 32.2. The molecule has 3 heteroatoms. The minimum Gasteiger partial charge on any atom is -0.224 e. The zero-order valence-corrected chi connectivity index (χ0v) is 8.76. The van der Waals surface area contributed by atoms with Gasteiger partial charge in [0, 0.05) is 6.26 Å². The van der Waals surface area contributed by atoms with Gasteiger partial charge in [0.2, 0.25) is 0 Å². The van der Waals surface area contributed by atoms with E-state index in [1.807, 2.05) is 6.07 Å². The third kappa shape index (κ3) is 2.84. The van der Waals surface area contributed by atoms with Crippen LogP contribution in [0.5, 0.6) is 0 Å². The Balaban J connectivity index is 3.06. The van der Waals surface area contributed by atoms with Crippen molar-refractivity contribution in [3.8, 4) is 0 Å². The molecule has 1 aromatic carbocycles. The van der Waals surface area contributed by atoms with Gasteiger partial charge in [0.1, 0.15) is 0 Å². The van der Waals surface area contributed by atoms with Crippen molar-refractivity contribution in [2.75, 3.05) is 6.26 Å². The standard InChI is InChI=1S/C10H14O2S/c1-3-5-9-6-4-7-10(8-9)13(2,11)12/h4,6-8H,3,5H2,1-2H3. The summed E-state index contributed by atoms with van der Waals surface area (Å²) in [7, 11) is -3.04. The Morgan fingerprint density at radius 2 is 2.00 bits per heavy atom. The van der Waals surface area contributed by atoms with Gasteiger partial charge in [0.05, 0.1) is 4.90 Å². The predicted molar refractivity (Wildman–Crippen MR) is 53.5 cm³/mol. The lowest BCUT2D eigenvalue weighted by Gasteiger charge is -2.01. The zero-order valence-electron chi connectivity index (χ0n) is 7.95. The van der Waals surface area contributed by atoms with Gasteiger partial charge in [-0.1, -0.05) is 25.5 Å². The van der Waals surface area contributed by atoms with E-state index in [1.165, 1.54) is 6.26 Å². The van der Waals surface area contributed by atoms with Crippen LogP contribution in [0.2, 0.25) is 0 Å². The lowest BCUT2D eigenvalue weighted by Crippen LogP contribution is -1.97. The van der Waals surface area contributed by atoms with Gasteiger partial charge in [-0.3, -0.25) is 0 Å². The zero-order chi connectivity index (χ0) is 9.90. The van der Waals surface area contributed by atoms with Gasteiger partial charge >= 0.3 is 0 Å². The quantitative estimate of drug-likeness (QED) is 0.745. The molecule has 0 unspecified atom stereocenters. The molecule has 0 saturated heterocycles. The molecule has 0 heterocycles. The van der Waals surface area contributed by atoms with E-state index < -0.39 is 9.84 Å². The van der Waals surface area contributed by atoms with E-state index in [9.17, 15) is 8.42 Å². The molecule has 1 aromatic rings. The maximum absolute atomic E-state index is 11.2. The Labute approximate surface area is 79.5 Å². The first kappa shape index (κ1) is 10.3. The number of sulfone groups is 1. The number of aryl methyl sites for hydroxylation is 1. The van der Waals surface area contributed by atoms with Crippen molar-refractivity contribution in [1.82, 2.24) is 0 Å². The maximum Gasteiger partial charge on any atom is 0.175 e. The molecule has 2 nitrogen and oxygen atoms in total. The highest BCUT2D eigenvalue weighted by Crippen LogP contribution is 2.12. The summed E-state index contributed by atoms with van der Waals surface area (Å²) in [6.45, 7) is 2.08. The molecule has 13 heavy (non-hydrogen) atoms. The number of benzene rings is 1. The Morgan fingerprint density at radius 3 is 2.54 bits per heavy atom. The van der Waals surface area contributed by atoms with Crippen LogP contribution >= 0.6 is 0 Å². The predicted octanol–water partition coefficient (Wildman–Crippen LogP) is 2.04. The molecule has 0 saturated carbocycles. The molecule has 0 aliphatic rings. The first-order valence-electron chi connectivity index (χ1n) is 4.33. The second-order valence-corrected chi connectivity index (χ2v) is 5.19. The third-order valence-electron chi connectivity index (χ3n) is 1.87. The number of hydrogen-bond donors (Lipinski definition) is 0. The largest absolute Gasteiger partial charge is 0.224 e. The lowest BCUT2D eigenvalue weighted by atomic mass is 10.1. The van der Waals surface area contributed by atoms with Crippen LogP contribution in [0.3, 0.4) is 0 Å². The Hall–Kier alpha value is -0.830. The van der Waals surface area contributed by atoms with E-state index in [1.54, 1.807) is 18.2 Å². The molecule has 0 amide bonds. The average Bonchev–Trinajstić information content (AvgIpc) is 2.04. The van der Waals surface area contributed by atoms with Crippen molar-refractivity contribution in [2.24, 2.45) is 0 Å². The molecule has 1 rings (SSSR count). The van der Waals surface area contributed by atoms with Gasteiger partial charge in [0.15, 0.2) is 9.84 Å². The SMILES string of the molecule is CCCc1cccc(S(C)(=O)=O)c1. The summed E-state index contributed by atoms with van der Waals surface area (Å²) in [5.41, 5.74) is 1.09. The van der Waals surface area contributed by atoms with Crippen molar-refractivity contribution >= 4 is 9.84 Å². The van der Waals surface area contributed by atoms with Crippen LogP contribution in [0.4, 0.5) is 0 Å². The van der Waals surface area contributed by atoms with Gasteiger partial charge in [0.25, 0.3) is 0 Å². The van der Waals surface area contributed by atoms with E-state index in [0.717, 1.165) is 18.4 Å². The fraction of sp³-hybridized carbons (Fsp3) is 0.400. The smallest absolute Gasteiger partial charge is 0.175 e. The second kappa shape index (κ2) is 3.92. The van der Waals surface area contributed by atoms with Crippen LogP contribution < -0.4 is 0 Å². The fourth-order valence-electron chi connectivity index (χ4n) is 1.22. The van der Waals surface area contributed by atoms with Crippen LogP contribution in [0.1, 0.15) is 18.9 Å². The second-order valence-electron chi connectivity index (χ2n) is 3.17. The molecule has 0 radical (unpaired) electrons. The summed E-state index contributed by atoms with van der Waals surface area (Å²) >= 11 is 0. The van der Waals surface area contributed by atoms with E-state index in [2.05, 4.69) is 6.92 Å². The van der Waals surface area contributed by atoms with Crippen LogP contribution in [-0.2, 0) is 16.3 Å². The lowest BCUT2D eigenvalue weighted by molar-refractivity contribution is 0.601.